The van der Waals surface area contributed by atoms with Gasteiger partial charge in [-0.1, -0.05) is 11.6 Å². The maximum absolute atomic E-state index is 13.0. The van der Waals surface area contributed by atoms with Crippen LogP contribution in [-0.2, 0) is 4.74 Å². The van der Waals surface area contributed by atoms with Crippen LogP contribution in [0.25, 0.3) is 0 Å². The van der Waals surface area contributed by atoms with Gasteiger partial charge in [-0.2, -0.15) is 0 Å². The molecule has 0 heterocycles. The molecule has 0 saturated carbocycles. The molecule has 1 nitrogen and oxygen atoms in total. The minimum Gasteiger partial charge on any atom is -0.377 e. The SMILES string of the molecule is CC(CC(F)(F)C(C)(F)Cl)OCCCl. The topological polar surface area (TPSA) is 9.23 Å². The van der Waals surface area contributed by atoms with Crippen LogP contribution in [0.4, 0.5) is 13.2 Å². The smallest absolute Gasteiger partial charge is 0.297 e. The Bertz CT molecular complexity index is 170. The van der Waals surface area contributed by atoms with Gasteiger partial charge in [0, 0.05) is 12.3 Å². The molecule has 2 atom stereocenters. The van der Waals surface area contributed by atoms with Gasteiger partial charge in [0.25, 0.3) is 5.92 Å². The lowest BCUT2D eigenvalue weighted by Gasteiger charge is -2.27. The van der Waals surface area contributed by atoms with E-state index in [2.05, 4.69) is 0 Å². The van der Waals surface area contributed by atoms with Crippen LogP contribution in [0.15, 0.2) is 0 Å². The van der Waals surface area contributed by atoms with Crippen molar-refractivity contribution in [1.82, 2.24) is 0 Å². The van der Waals surface area contributed by atoms with E-state index in [1.54, 1.807) is 0 Å². The highest BCUT2D eigenvalue weighted by Crippen LogP contribution is 2.39. The Labute approximate surface area is 91.5 Å². The predicted octanol–water partition coefficient (Wildman–Crippen LogP) is 3.58. The summed E-state index contributed by atoms with van der Waals surface area (Å²) in [6, 6.07) is 0. The lowest BCUT2D eigenvalue weighted by molar-refractivity contribution is -0.119. The average molecular weight is 253 g/mol. The van der Waals surface area contributed by atoms with Gasteiger partial charge in [-0.3, -0.25) is 0 Å². The Morgan fingerprint density at radius 3 is 2.21 bits per heavy atom. The largest absolute Gasteiger partial charge is 0.377 e. The van der Waals surface area contributed by atoms with Gasteiger partial charge in [-0.25, -0.2) is 13.2 Å². The number of alkyl halides is 5. The summed E-state index contributed by atoms with van der Waals surface area (Å²) in [6.45, 7) is 2.20. The van der Waals surface area contributed by atoms with E-state index in [9.17, 15) is 13.2 Å². The van der Waals surface area contributed by atoms with E-state index >= 15 is 0 Å². The molecular formula is C8H13Cl2F3O. The summed E-state index contributed by atoms with van der Waals surface area (Å²) in [5, 5.41) is -3.05. The average Bonchev–Trinajstić information content (AvgIpc) is 1.97. The zero-order valence-electron chi connectivity index (χ0n) is 8.00. The van der Waals surface area contributed by atoms with Crippen molar-refractivity contribution in [1.29, 1.82) is 0 Å². The van der Waals surface area contributed by atoms with E-state index in [1.165, 1.54) is 6.92 Å². The molecule has 0 spiro atoms. The molecule has 0 rings (SSSR count). The first-order valence-electron chi connectivity index (χ1n) is 4.14. The van der Waals surface area contributed by atoms with Crippen molar-refractivity contribution in [3.63, 3.8) is 0 Å². The molecule has 0 aliphatic carbocycles. The molecule has 2 unspecified atom stereocenters. The van der Waals surface area contributed by atoms with Gasteiger partial charge in [-0.15, -0.1) is 11.6 Å². The summed E-state index contributed by atoms with van der Waals surface area (Å²) in [4.78, 5) is 0. The summed E-state index contributed by atoms with van der Waals surface area (Å²) < 4.78 is 43.6. The van der Waals surface area contributed by atoms with Gasteiger partial charge < -0.3 is 4.74 Å². The number of hydrogen-bond acceptors (Lipinski definition) is 1. The second-order valence-corrected chi connectivity index (χ2v) is 4.26. The van der Waals surface area contributed by atoms with Crippen LogP contribution in [0.3, 0.4) is 0 Å². The summed E-state index contributed by atoms with van der Waals surface area (Å²) in [5.41, 5.74) is 0. The minimum absolute atomic E-state index is 0.157. The Balaban J connectivity index is 4.08. The maximum atomic E-state index is 13.0. The van der Waals surface area contributed by atoms with Crippen LogP contribution in [0.1, 0.15) is 20.3 Å². The molecule has 0 amide bonds. The second-order valence-electron chi connectivity index (χ2n) is 3.17. The van der Waals surface area contributed by atoms with Crippen molar-refractivity contribution in [3.8, 4) is 0 Å². The quantitative estimate of drug-likeness (QED) is 0.657. The van der Waals surface area contributed by atoms with Crippen molar-refractivity contribution < 1.29 is 17.9 Å². The molecule has 0 aliphatic rings. The van der Waals surface area contributed by atoms with Gasteiger partial charge in [0.15, 0.2) is 0 Å². The van der Waals surface area contributed by atoms with E-state index in [1.807, 2.05) is 0 Å². The highest BCUT2D eigenvalue weighted by Gasteiger charge is 2.50. The number of rotatable bonds is 6. The summed E-state index contributed by atoms with van der Waals surface area (Å²) in [5.74, 6) is -3.40. The summed E-state index contributed by atoms with van der Waals surface area (Å²) in [6.07, 6.45) is -1.54. The molecule has 0 radical (unpaired) electrons. The molecule has 0 aromatic heterocycles. The molecule has 0 aromatic rings. The van der Waals surface area contributed by atoms with Gasteiger partial charge in [0.05, 0.1) is 12.7 Å². The highest BCUT2D eigenvalue weighted by atomic mass is 35.5. The van der Waals surface area contributed by atoms with E-state index in [0.717, 1.165) is 0 Å². The van der Waals surface area contributed by atoms with Gasteiger partial charge in [0.2, 0.25) is 5.13 Å². The first-order valence-corrected chi connectivity index (χ1v) is 5.05. The Morgan fingerprint density at radius 1 is 1.36 bits per heavy atom. The molecule has 86 valence electrons. The van der Waals surface area contributed by atoms with Crippen molar-refractivity contribution >= 4 is 23.2 Å². The third kappa shape index (κ3) is 4.71. The fraction of sp³-hybridized carbons (Fsp3) is 1.00. The fourth-order valence-corrected chi connectivity index (χ4v) is 1.01. The summed E-state index contributed by atoms with van der Waals surface area (Å²) >= 11 is 10.2. The number of halogens is 5. The van der Waals surface area contributed by atoms with Gasteiger partial charge in [-0.05, 0) is 13.8 Å². The molecule has 0 bridgehead atoms. The highest BCUT2D eigenvalue weighted by molar-refractivity contribution is 6.23. The lowest BCUT2D eigenvalue weighted by Crippen LogP contribution is -2.39. The molecule has 0 N–H and O–H groups in total. The molecular weight excluding hydrogens is 240 g/mol. The molecule has 14 heavy (non-hydrogen) atoms. The third-order valence-electron chi connectivity index (χ3n) is 1.67. The zero-order valence-corrected chi connectivity index (χ0v) is 9.51. The van der Waals surface area contributed by atoms with Crippen molar-refractivity contribution in [3.05, 3.63) is 0 Å². The van der Waals surface area contributed by atoms with Crippen LogP contribution < -0.4 is 0 Å². The summed E-state index contributed by atoms with van der Waals surface area (Å²) in [7, 11) is 0. The Kier molecular flexibility index (Phi) is 5.55. The van der Waals surface area contributed by atoms with Crippen LogP contribution in [0.2, 0.25) is 0 Å². The van der Waals surface area contributed by atoms with Crippen molar-refractivity contribution in [2.45, 2.75) is 37.4 Å². The van der Waals surface area contributed by atoms with E-state index < -0.39 is 23.6 Å². The maximum Gasteiger partial charge on any atom is 0.297 e. The zero-order chi connectivity index (χ0) is 11.4. The number of hydrogen-bond donors (Lipinski definition) is 0. The van der Waals surface area contributed by atoms with Crippen molar-refractivity contribution in [2.24, 2.45) is 0 Å². The van der Waals surface area contributed by atoms with E-state index in [-0.39, 0.29) is 12.5 Å². The van der Waals surface area contributed by atoms with Gasteiger partial charge >= 0.3 is 0 Å². The monoisotopic (exact) mass is 252 g/mol. The predicted molar refractivity (Wildman–Crippen MR) is 51.1 cm³/mol. The van der Waals surface area contributed by atoms with Gasteiger partial charge in [0.1, 0.15) is 0 Å². The number of ether oxygens (including phenoxy) is 1. The van der Waals surface area contributed by atoms with Crippen LogP contribution in [0, 0.1) is 0 Å². The van der Waals surface area contributed by atoms with E-state index in [4.69, 9.17) is 27.9 Å². The van der Waals surface area contributed by atoms with Crippen LogP contribution in [0.5, 0.6) is 0 Å². The normalized spacial score (nSPS) is 19.1. The first-order chi connectivity index (χ1) is 6.20. The molecule has 0 fully saturated rings. The van der Waals surface area contributed by atoms with E-state index in [0.29, 0.717) is 6.92 Å². The van der Waals surface area contributed by atoms with Crippen LogP contribution >= 0.6 is 23.2 Å². The first kappa shape index (κ1) is 14.3. The standard InChI is InChI=1S/C8H13Cl2F3O/c1-6(14-4-3-9)5-8(12,13)7(2,10)11/h6H,3-5H2,1-2H3. The Hall–Kier alpha value is 0.330. The Morgan fingerprint density at radius 2 is 1.86 bits per heavy atom. The second kappa shape index (κ2) is 5.42. The lowest BCUT2D eigenvalue weighted by atomic mass is 10.1. The fourth-order valence-electron chi connectivity index (χ4n) is 0.845. The minimum atomic E-state index is -3.61. The molecule has 6 heteroatoms. The molecule has 0 aliphatic heterocycles. The van der Waals surface area contributed by atoms with Crippen LogP contribution in [-0.4, -0.2) is 29.6 Å². The molecule has 0 saturated heterocycles. The third-order valence-corrected chi connectivity index (χ3v) is 2.10. The molecule has 0 aromatic carbocycles. The van der Waals surface area contributed by atoms with Crippen molar-refractivity contribution in [2.75, 3.05) is 12.5 Å².